The largest absolute Gasteiger partial charge is 0.330 e. The van der Waals surface area contributed by atoms with Gasteiger partial charge in [0, 0.05) is 23.0 Å². The fraction of sp³-hybridized carbons (Fsp3) is 0.379. The Morgan fingerprint density at radius 3 is 2.49 bits per heavy atom. The van der Waals surface area contributed by atoms with Crippen molar-refractivity contribution in [1.82, 2.24) is 9.80 Å². The fourth-order valence-corrected chi connectivity index (χ4v) is 6.47. The van der Waals surface area contributed by atoms with E-state index in [1.807, 2.05) is 17.0 Å². The molecule has 0 N–H and O–H groups in total. The highest BCUT2D eigenvalue weighted by Gasteiger charge is 2.36. The Kier molecular flexibility index (Phi) is 7.00. The van der Waals surface area contributed by atoms with Gasteiger partial charge >= 0.3 is 0 Å². The van der Waals surface area contributed by atoms with Crippen molar-refractivity contribution in [3.05, 3.63) is 92.9 Å². The molecule has 2 aromatic carbocycles. The summed E-state index contributed by atoms with van der Waals surface area (Å²) in [6.07, 6.45) is 5.90. The lowest BCUT2D eigenvalue weighted by Gasteiger charge is -2.40. The monoisotopic (exact) mass is 490 g/mol. The van der Waals surface area contributed by atoms with E-state index in [4.69, 9.17) is 0 Å². The van der Waals surface area contributed by atoms with Crippen LogP contribution >= 0.6 is 11.3 Å². The number of nitrogens with zero attached hydrogens (tertiary/aromatic N) is 2. The van der Waals surface area contributed by atoms with Gasteiger partial charge in [-0.25, -0.2) is 4.39 Å². The van der Waals surface area contributed by atoms with Crippen LogP contribution in [0.25, 0.3) is 0 Å². The molecule has 0 spiro atoms. The molecule has 2 amide bonds. The second-order valence-electron chi connectivity index (χ2n) is 9.63. The normalized spacial score (nSPS) is 18.2. The molecule has 2 aliphatic rings. The summed E-state index contributed by atoms with van der Waals surface area (Å²) >= 11 is 1.75. The Labute approximate surface area is 210 Å². The second kappa shape index (κ2) is 10.3. The first-order valence-electron chi connectivity index (χ1n) is 12.5. The summed E-state index contributed by atoms with van der Waals surface area (Å²) < 4.78 is 13.5. The summed E-state index contributed by atoms with van der Waals surface area (Å²) in [6.45, 7) is 2.77. The summed E-state index contributed by atoms with van der Waals surface area (Å²) in [6, 6.07) is 15.9. The van der Waals surface area contributed by atoms with E-state index in [0.717, 1.165) is 49.7 Å². The number of aryl methyl sites for hydroxylation is 1. The molecule has 182 valence electrons. The zero-order valence-corrected chi connectivity index (χ0v) is 20.9. The standard InChI is InChI=1S/C29H31FN2O2S/c1-20-7-5-6-10-24(20)28-25-16-18-35-26(25)15-17-31(28)27(33)19-32(23-8-3-2-4-9-23)29(34)21-11-13-22(30)14-12-21/h5-7,10-14,16,18,23,28H,2-4,8-9,15,17,19H2,1H3. The number of thiophene rings is 1. The van der Waals surface area contributed by atoms with Crippen LogP contribution in [-0.4, -0.2) is 40.7 Å². The number of rotatable bonds is 5. The Morgan fingerprint density at radius 2 is 1.74 bits per heavy atom. The number of amides is 2. The SMILES string of the molecule is Cc1ccccc1C1c2ccsc2CCN1C(=O)CN(C(=O)c1ccc(F)cc1)C1CCCCC1. The molecule has 1 aliphatic carbocycles. The first-order valence-corrected chi connectivity index (χ1v) is 13.4. The summed E-state index contributed by atoms with van der Waals surface area (Å²) in [7, 11) is 0. The first kappa shape index (κ1) is 23.7. The maximum atomic E-state index is 13.9. The number of benzene rings is 2. The third kappa shape index (κ3) is 4.90. The van der Waals surface area contributed by atoms with Crippen LogP contribution in [0.4, 0.5) is 4.39 Å². The topological polar surface area (TPSA) is 40.6 Å². The molecule has 0 bridgehead atoms. The molecule has 0 radical (unpaired) electrons. The van der Waals surface area contributed by atoms with Gasteiger partial charge in [0.1, 0.15) is 12.4 Å². The maximum absolute atomic E-state index is 13.9. The molecule has 1 saturated carbocycles. The molecule has 5 rings (SSSR count). The van der Waals surface area contributed by atoms with Crippen LogP contribution in [0.5, 0.6) is 0 Å². The predicted octanol–water partition coefficient (Wildman–Crippen LogP) is 6.14. The van der Waals surface area contributed by atoms with Crippen molar-refractivity contribution in [2.24, 2.45) is 0 Å². The molecule has 1 unspecified atom stereocenters. The molecule has 1 aromatic heterocycles. The van der Waals surface area contributed by atoms with Gasteiger partial charge in [0.2, 0.25) is 5.91 Å². The third-order valence-electron chi connectivity index (χ3n) is 7.44. The minimum atomic E-state index is -0.372. The van der Waals surface area contributed by atoms with Crippen LogP contribution in [0.1, 0.15) is 70.1 Å². The lowest BCUT2D eigenvalue weighted by molar-refractivity contribution is -0.134. The van der Waals surface area contributed by atoms with Gasteiger partial charge in [-0.15, -0.1) is 11.3 Å². The van der Waals surface area contributed by atoms with Crippen LogP contribution in [0, 0.1) is 12.7 Å². The minimum absolute atomic E-state index is 0.0312. The van der Waals surface area contributed by atoms with E-state index in [1.165, 1.54) is 34.7 Å². The maximum Gasteiger partial charge on any atom is 0.254 e. The fourth-order valence-electron chi connectivity index (χ4n) is 5.57. The zero-order valence-electron chi connectivity index (χ0n) is 20.1. The van der Waals surface area contributed by atoms with Crippen LogP contribution in [-0.2, 0) is 11.2 Å². The van der Waals surface area contributed by atoms with Gasteiger partial charge in [0.05, 0.1) is 6.04 Å². The van der Waals surface area contributed by atoms with E-state index in [2.05, 4.69) is 30.5 Å². The van der Waals surface area contributed by atoms with E-state index < -0.39 is 0 Å². The quantitative estimate of drug-likeness (QED) is 0.431. The molecule has 6 heteroatoms. The summed E-state index contributed by atoms with van der Waals surface area (Å²) in [4.78, 5) is 32.6. The Balaban J connectivity index is 1.46. The van der Waals surface area contributed by atoms with Crippen LogP contribution in [0.3, 0.4) is 0 Å². The van der Waals surface area contributed by atoms with Gasteiger partial charge in [-0.3, -0.25) is 9.59 Å². The average molecular weight is 491 g/mol. The highest BCUT2D eigenvalue weighted by Crippen LogP contribution is 2.39. The van der Waals surface area contributed by atoms with E-state index in [9.17, 15) is 14.0 Å². The van der Waals surface area contributed by atoms with Crippen LogP contribution < -0.4 is 0 Å². The third-order valence-corrected chi connectivity index (χ3v) is 8.44. The molecule has 1 fully saturated rings. The number of fused-ring (bicyclic) bond motifs is 1. The number of hydrogen-bond acceptors (Lipinski definition) is 3. The lowest BCUT2D eigenvalue weighted by Crippen LogP contribution is -2.50. The summed E-state index contributed by atoms with van der Waals surface area (Å²) in [5, 5.41) is 2.11. The van der Waals surface area contributed by atoms with Gasteiger partial charge in [0.25, 0.3) is 5.91 Å². The summed E-state index contributed by atoms with van der Waals surface area (Å²) in [5.41, 5.74) is 3.91. The predicted molar refractivity (Wildman–Crippen MR) is 137 cm³/mol. The molecule has 4 nitrogen and oxygen atoms in total. The van der Waals surface area contributed by atoms with Crippen LogP contribution in [0.2, 0.25) is 0 Å². The molecule has 1 atom stereocenters. The number of hydrogen-bond donors (Lipinski definition) is 0. The Morgan fingerprint density at radius 1 is 1.00 bits per heavy atom. The molecule has 0 saturated heterocycles. The van der Waals surface area contributed by atoms with Crippen molar-refractivity contribution in [3.8, 4) is 0 Å². The number of carbonyl (C=O) groups excluding carboxylic acids is 2. The van der Waals surface area contributed by atoms with Crippen molar-refractivity contribution in [2.45, 2.75) is 57.5 Å². The van der Waals surface area contributed by atoms with Crippen molar-refractivity contribution in [1.29, 1.82) is 0 Å². The van der Waals surface area contributed by atoms with Crippen molar-refractivity contribution >= 4 is 23.2 Å². The first-order chi connectivity index (χ1) is 17.0. The van der Waals surface area contributed by atoms with Gasteiger partial charge in [-0.05, 0) is 78.6 Å². The van der Waals surface area contributed by atoms with Crippen LogP contribution in [0.15, 0.2) is 60.0 Å². The molecule has 35 heavy (non-hydrogen) atoms. The molecular weight excluding hydrogens is 459 g/mol. The number of halogens is 1. The highest BCUT2D eigenvalue weighted by atomic mass is 32.1. The average Bonchev–Trinajstić information content (AvgIpc) is 3.37. The van der Waals surface area contributed by atoms with Crippen molar-refractivity contribution in [3.63, 3.8) is 0 Å². The lowest BCUT2D eigenvalue weighted by atomic mass is 9.90. The van der Waals surface area contributed by atoms with E-state index in [1.54, 1.807) is 16.2 Å². The van der Waals surface area contributed by atoms with Gasteiger partial charge in [-0.1, -0.05) is 43.5 Å². The highest BCUT2D eigenvalue weighted by molar-refractivity contribution is 7.10. The molecule has 2 heterocycles. The second-order valence-corrected chi connectivity index (χ2v) is 10.6. The van der Waals surface area contributed by atoms with Gasteiger partial charge in [0.15, 0.2) is 0 Å². The number of carbonyl (C=O) groups is 2. The Hall–Kier alpha value is -2.99. The van der Waals surface area contributed by atoms with E-state index >= 15 is 0 Å². The van der Waals surface area contributed by atoms with Crippen molar-refractivity contribution < 1.29 is 14.0 Å². The molecule has 3 aromatic rings. The molecular formula is C29H31FN2O2S. The smallest absolute Gasteiger partial charge is 0.254 e. The van der Waals surface area contributed by atoms with E-state index in [0.29, 0.717) is 12.1 Å². The van der Waals surface area contributed by atoms with Gasteiger partial charge < -0.3 is 9.80 Å². The van der Waals surface area contributed by atoms with Gasteiger partial charge in [-0.2, -0.15) is 0 Å². The summed E-state index contributed by atoms with van der Waals surface area (Å²) in [5.74, 6) is -0.593. The van der Waals surface area contributed by atoms with Crippen molar-refractivity contribution in [2.75, 3.05) is 13.1 Å². The zero-order chi connectivity index (χ0) is 24.4. The molecule has 1 aliphatic heterocycles. The van der Waals surface area contributed by atoms with E-state index in [-0.39, 0.29) is 36.3 Å². The minimum Gasteiger partial charge on any atom is -0.330 e. The Bertz CT molecular complexity index is 1200.